The molecule has 0 saturated carbocycles. The lowest BCUT2D eigenvalue weighted by atomic mass is 10.2. The van der Waals surface area contributed by atoms with Crippen LogP contribution in [0, 0.1) is 0 Å². The molecule has 2 rings (SSSR count). The first-order valence-corrected chi connectivity index (χ1v) is 8.32. The maximum Gasteiger partial charge on any atom is 0.252 e. The molecule has 1 heterocycles. The summed E-state index contributed by atoms with van der Waals surface area (Å²) in [7, 11) is 4.05. The smallest absolute Gasteiger partial charge is 0.252 e. The molecular formula is C19H26N4O. The monoisotopic (exact) mass is 326 g/mol. The van der Waals surface area contributed by atoms with Gasteiger partial charge in [-0.15, -0.1) is 0 Å². The Bertz CT molecular complexity index is 643. The highest BCUT2D eigenvalue weighted by Gasteiger charge is 2.11. The zero-order chi connectivity index (χ0) is 17.4. The van der Waals surface area contributed by atoms with Gasteiger partial charge in [-0.1, -0.05) is 18.2 Å². The van der Waals surface area contributed by atoms with E-state index in [9.17, 15) is 4.79 Å². The summed E-state index contributed by atoms with van der Waals surface area (Å²) in [4.78, 5) is 20.8. The number of hydrogen-bond donors (Lipinski definition) is 1. The van der Waals surface area contributed by atoms with Gasteiger partial charge in [0.25, 0.3) is 5.91 Å². The first-order valence-electron chi connectivity index (χ1n) is 8.32. The van der Waals surface area contributed by atoms with E-state index in [0.29, 0.717) is 12.1 Å². The first-order chi connectivity index (χ1) is 11.6. The second-order valence-electron chi connectivity index (χ2n) is 5.92. The van der Waals surface area contributed by atoms with Gasteiger partial charge in [0.1, 0.15) is 0 Å². The van der Waals surface area contributed by atoms with E-state index in [1.807, 2.05) is 38.4 Å². The van der Waals surface area contributed by atoms with Gasteiger partial charge in [-0.3, -0.25) is 9.78 Å². The van der Waals surface area contributed by atoms with Crippen molar-refractivity contribution in [1.82, 2.24) is 15.2 Å². The van der Waals surface area contributed by atoms with Crippen LogP contribution in [0.15, 0.2) is 48.8 Å². The van der Waals surface area contributed by atoms with Crippen LogP contribution in [0.4, 0.5) is 11.4 Å². The lowest BCUT2D eigenvalue weighted by molar-refractivity contribution is 0.0952. The third kappa shape index (κ3) is 5.06. The van der Waals surface area contributed by atoms with E-state index < -0.39 is 0 Å². The average Bonchev–Trinajstić information content (AvgIpc) is 2.60. The molecule has 0 unspecified atom stereocenters. The zero-order valence-corrected chi connectivity index (χ0v) is 14.7. The molecule has 0 bridgehead atoms. The molecule has 0 aliphatic rings. The predicted molar refractivity (Wildman–Crippen MR) is 98.9 cm³/mol. The molecule has 2 aromatic rings. The van der Waals surface area contributed by atoms with Gasteiger partial charge in [-0.25, -0.2) is 0 Å². The van der Waals surface area contributed by atoms with Crippen LogP contribution in [0.3, 0.4) is 0 Å². The summed E-state index contributed by atoms with van der Waals surface area (Å²) < 4.78 is 0. The molecule has 1 amide bonds. The van der Waals surface area contributed by atoms with Crippen LogP contribution >= 0.6 is 0 Å². The minimum Gasteiger partial charge on any atom is -0.352 e. The van der Waals surface area contributed by atoms with Crippen molar-refractivity contribution in [1.29, 1.82) is 0 Å². The number of nitrogens with zero attached hydrogens (tertiary/aromatic N) is 3. The molecular weight excluding hydrogens is 300 g/mol. The van der Waals surface area contributed by atoms with Crippen LogP contribution < -0.4 is 10.2 Å². The summed E-state index contributed by atoms with van der Waals surface area (Å²) >= 11 is 0. The number of anilines is 2. The van der Waals surface area contributed by atoms with Gasteiger partial charge in [0.15, 0.2) is 0 Å². The molecule has 5 heteroatoms. The van der Waals surface area contributed by atoms with E-state index >= 15 is 0 Å². The summed E-state index contributed by atoms with van der Waals surface area (Å²) in [6, 6.07) is 12.0. The Morgan fingerprint density at radius 3 is 2.54 bits per heavy atom. The molecule has 128 valence electrons. The van der Waals surface area contributed by atoms with Crippen LogP contribution in [-0.2, 0) is 0 Å². The predicted octanol–water partition coefficient (Wildman–Crippen LogP) is 2.92. The molecule has 0 radical (unpaired) electrons. The minimum absolute atomic E-state index is 0.0766. The Morgan fingerprint density at radius 2 is 1.88 bits per heavy atom. The quantitative estimate of drug-likeness (QED) is 0.758. The van der Waals surface area contributed by atoms with Gasteiger partial charge in [0, 0.05) is 25.0 Å². The van der Waals surface area contributed by atoms with Crippen molar-refractivity contribution >= 4 is 17.3 Å². The van der Waals surface area contributed by atoms with Crippen LogP contribution in [0.5, 0.6) is 0 Å². The van der Waals surface area contributed by atoms with Crippen molar-refractivity contribution in [3.05, 3.63) is 54.4 Å². The Hall–Kier alpha value is -2.40. The Morgan fingerprint density at radius 1 is 1.12 bits per heavy atom. The number of carbonyl (C=O) groups excluding carboxylic acids is 1. The molecule has 1 N–H and O–H groups in total. The largest absolute Gasteiger partial charge is 0.352 e. The van der Waals surface area contributed by atoms with E-state index in [0.717, 1.165) is 30.9 Å². The molecule has 0 atom stereocenters. The fraction of sp³-hybridized carbons (Fsp3) is 0.368. The summed E-state index contributed by atoms with van der Waals surface area (Å²) in [6.45, 7) is 4.51. The molecule has 0 aliphatic carbocycles. The summed E-state index contributed by atoms with van der Waals surface area (Å²) in [5.41, 5.74) is 2.60. The van der Waals surface area contributed by atoms with Crippen LogP contribution in [0.1, 0.15) is 23.7 Å². The van der Waals surface area contributed by atoms with Crippen molar-refractivity contribution in [2.45, 2.75) is 13.3 Å². The van der Waals surface area contributed by atoms with E-state index in [2.05, 4.69) is 39.2 Å². The SMILES string of the molecule is CCN(c1ccccc1)c1cncc(C(=O)NCCCN(C)C)c1. The highest BCUT2D eigenvalue weighted by Crippen LogP contribution is 2.24. The normalized spacial score (nSPS) is 10.7. The molecule has 0 saturated heterocycles. The van der Waals surface area contributed by atoms with E-state index in [1.165, 1.54) is 0 Å². The number of aromatic nitrogens is 1. The van der Waals surface area contributed by atoms with Crippen molar-refractivity contribution in [2.75, 3.05) is 38.6 Å². The number of para-hydroxylation sites is 1. The molecule has 5 nitrogen and oxygen atoms in total. The van der Waals surface area contributed by atoms with E-state index in [4.69, 9.17) is 0 Å². The fourth-order valence-corrected chi connectivity index (χ4v) is 2.52. The van der Waals surface area contributed by atoms with Crippen molar-refractivity contribution in [3.8, 4) is 0 Å². The standard InChI is InChI=1S/C19H26N4O/c1-4-23(17-9-6-5-7-10-17)18-13-16(14-20-15-18)19(24)21-11-8-12-22(2)3/h5-7,9-10,13-15H,4,8,11-12H2,1-3H3,(H,21,24). The maximum atomic E-state index is 12.3. The number of nitrogens with one attached hydrogen (secondary N) is 1. The van der Waals surface area contributed by atoms with Crippen molar-refractivity contribution in [3.63, 3.8) is 0 Å². The number of amides is 1. The number of pyridine rings is 1. The first kappa shape index (κ1) is 17.9. The van der Waals surface area contributed by atoms with Crippen molar-refractivity contribution in [2.24, 2.45) is 0 Å². The molecule has 1 aromatic carbocycles. The number of benzene rings is 1. The molecule has 0 spiro atoms. The highest BCUT2D eigenvalue weighted by atomic mass is 16.1. The molecule has 1 aromatic heterocycles. The number of carbonyl (C=O) groups is 1. The maximum absolute atomic E-state index is 12.3. The third-order valence-electron chi connectivity index (χ3n) is 3.75. The minimum atomic E-state index is -0.0766. The van der Waals surface area contributed by atoms with Gasteiger partial charge < -0.3 is 15.1 Å². The third-order valence-corrected chi connectivity index (χ3v) is 3.75. The Kier molecular flexibility index (Phi) is 6.75. The van der Waals surface area contributed by atoms with Crippen LogP contribution in [-0.4, -0.2) is 49.5 Å². The van der Waals surface area contributed by atoms with Crippen LogP contribution in [0.25, 0.3) is 0 Å². The van der Waals surface area contributed by atoms with Gasteiger partial charge in [-0.05, 0) is 52.2 Å². The fourth-order valence-electron chi connectivity index (χ4n) is 2.52. The van der Waals surface area contributed by atoms with Crippen molar-refractivity contribution < 1.29 is 4.79 Å². The van der Waals surface area contributed by atoms with Gasteiger partial charge in [-0.2, -0.15) is 0 Å². The number of hydrogen-bond acceptors (Lipinski definition) is 4. The molecule has 24 heavy (non-hydrogen) atoms. The highest BCUT2D eigenvalue weighted by molar-refractivity contribution is 5.94. The average molecular weight is 326 g/mol. The van der Waals surface area contributed by atoms with Crippen LogP contribution in [0.2, 0.25) is 0 Å². The number of rotatable bonds is 8. The molecule has 0 fully saturated rings. The van der Waals surface area contributed by atoms with Gasteiger partial charge in [0.2, 0.25) is 0 Å². The zero-order valence-electron chi connectivity index (χ0n) is 14.7. The second-order valence-corrected chi connectivity index (χ2v) is 5.92. The lowest BCUT2D eigenvalue weighted by Gasteiger charge is -2.23. The summed E-state index contributed by atoms with van der Waals surface area (Å²) in [6.07, 6.45) is 4.33. The lowest BCUT2D eigenvalue weighted by Crippen LogP contribution is -2.27. The second kappa shape index (κ2) is 9.03. The summed E-state index contributed by atoms with van der Waals surface area (Å²) in [5, 5.41) is 2.95. The Labute approximate surface area is 144 Å². The van der Waals surface area contributed by atoms with E-state index in [1.54, 1.807) is 12.4 Å². The van der Waals surface area contributed by atoms with Gasteiger partial charge >= 0.3 is 0 Å². The Balaban J connectivity index is 2.06. The van der Waals surface area contributed by atoms with E-state index in [-0.39, 0.29) is 5.91 Å². The topological polar surface area (TPSA) is 48.5 Å². The van der Waals surface area contributed by atoms with Gasteiger partial charge in [0.05, 0.1) is 17.4 Å². The molecule has 0 aliphatic heterocycles. The summed E-state index contributed by atoms with van der Waals surface area (Å²) in [5.74, 6) is -0.0766.